The van der Waals surface area contributed by atoms with Crippen molar-refractivity contribution >= 4 is 54.4 Å². The second-order valence-electron chi connectivity index (χ2n) is 14.1. The molecule has 250 valence electrons. The smallest absolute Gasteiger partial charge is 0.162 e. The Morgan fingerprint density at radius 1 is 0.352 bits per heavy atom. The molecule has 0 N–H and O–H groups in total. The van der Waals surface area contributed by atoms with Gasteiger partial charge in [-0.2, -0.15) is 0 Å². The number of benzene rings is 8. The Kier molecular flexibility index (Phi) is 6.02. The largest absolute Gasteiger partial charge is 0.309 e. The Hall–Kier alpha value is -7.30. The highest BCUT2D eigenvalue weighted by molar-refractivity contribution is 6.23. The highest BCUT2D eigenvalue weighted by Gasteiger charge is 2.30. The molecule has 0 radical (unpaired) electrons. The fourth-order valence-electron chi connectivity index (χ4n) is 9.09. The average molecular weight is 687 g/mol. The zero-order chi connectivity index (χ0) is 35.3. The van der Waals surface area contributed by atoms with E-state index < -0.39 is 0 Å². The predicted molar refractivity (Wildman–Crippen MR) is 224 cm³/mol. The van der Waals surface area contributed by atoms with Crippen LogP contribution in [0.15, 0.2) is 182 Å². The van der Waals surface area contributed by atoms with Crippen LogP contribution >= 0.6 is 0 Å². The first-order valence-electron chi connectivity index (χ1n) is 18.4. The SMILES string of the molecule is c1ccc(-c2nc3c(c(-n4c5ccccc5c5c(-c6cccc7c6c6ccccc6n7-c6ccccc6)cccc54)n2)-c2cccc4cccc-3c24)cc1. The fourth-order valence-corrected chi connectivity index (χ4v) is 9.09. The van der Waals surface area contributed by atoms with Gasteiger partial charge in [0.1, 0.15) is 5.82 Å². The molecule has 0 fully saturated rings. The van der Waals surface area contributed by atoms with E-state index in [1.54, 1.807) is 0 Å². The van der Waals surface area contributed by atoms with E-state index in [9.17, 15) is 0 Å². The molecule has 0 saturated heterocycles. The van der Waals surface area contributed by atoms with E-state index >= 15 is 0 Å². The van der Waals surface area contributed by atoms with E-state index in [1.807, 2.05) is 6.07 Å². The van der Waals surface area contributed by atoms with Crippen LogP contribution in [0.3, 0.4) is 0 Å². The zero-order valence-electron chi connectivity index (χ0n) is 29.1. The van der Waals surface area contributed by atoms with Crippen LogP contribution in [0.25, 0.3) is 111 Å². The monoisotopic (exact) mass is 686 g/mol. The lowest BCUT2D eigenvalue weighted by atomic mass is 9.95. The van der Waals surface area contributed by atoms with Crippen LogP contribution in [-0.4, -0.2) is 19.1 Å². The van der Waals surface area contributed by atoms with Crippen LogP contribution in [-0.2, 0) is 0 Å². The van der Waals surface area contributed by atoms with Crippen molar-refractivity contribution in [2.45, 2.75) is 0 Å². The van der Waals surface area contributed by atoms with Gasteiger partial charge in [0, 0.05) is 38.4 Å². The maximum Gasteiger partial charge on any atom is 0.162 e. The van der Waals surface area contributed by atoms with Gasteiger partial charge < -0.3 is 4.57 Å². The molecule has 0 atom stereocenters. The van der Waals surface area contributed by atoms with E-state index in [2.05, 4.69) is 185 Å². The summed E-state index contributed by atoms with van der Waals surface area (Å²) in [5.41, 5.74) is 13.5. The van der Waals surface area contributed by atoms with Crippen molar-refractivity contribution in [3.63, 3.8) is 0 Å². The van der Waals surface area contributed by atoms with Gasteiger partial charge >= 0.3 is 0 Å². The quantitative estimate of drug-likeness (QED) is 0.185. The highest BCUT2D eigenvalue weighted by atomic mass is 15.1. The first-order valence-corrected chi connectivity index (χ1v) is 18.4. The van der Waals surface area contributed by atoms with E-state index in [0.717, 1.165) is 50.7 Å². The van der Waals surface area contributed by atoms with Crippen molar-refractivity contribution < 1.29 is 0 Å². The average Bonchev–Trinajstić information content (AvgIpc) is 3.88. The minimum absolute atomic E-state index is 0.717. The molecule has 0 spiro atoms. The fraction of sp³-hybridized carbons (Fsp3) is 0. The molecule has 0 saturated carbocycles. The first-order chi connectivity index (χ1) is 26.8. The van der Waals surface area contributed by atoms with Gasteiger partial charge in [0.15, 0.2) is 5.82 Å². The molecule has 0 aliphatic heterocycles. The van der Waals surface area contributed by atoms with E-state index in [0.29, 0.717) is 0 Å². The summed E-state index contributed by atoms with van der Waals surface area (Å²) in [6, 6.07) is 65.2. The van der Waals surface area contributed by atoms with Crippen LogP contribution < -0.4 is 0 Å². The highest BCUT2D eigenvalue weighted by Crippen LogP contribution is 2.51. The van der Waals surface area contributed by atoms with E-state index in [-0.39, 0.29) is 0 Å². The van der Waals surface area contributed by atoms with Crippen LogP contribution in [0.1, 0.15) is 0 Å². The Bertz CT molecular complexity index is 3310. The summed E-state index contributed by atoms with van der Waals surface area (Å²) in [5.74, 6) is 1.61. The van der Waals surface area contributed by atoms with Crippen molar-refractivity contribution in [2.75, 3.05) is 0 Å². The second-order valence-corrected chi connectivity index (χ2v) is 14.1. The zero-order valence-corrected chi connectivity index (χ0v) is 29.1. The molecular formula is C50H30N4. The summed E-state index contributed by atoms with van der Waals surface area (Å²) in [7, 11) is 0. The van der Waals surface area contributed by atoms with Crippen LogP contribution in [0.4, 0.5) is 0 Å². The van der Waals surface area contributed by atoms with E-state index in [1.165, 1.54) is 60.0 Å². The molecule has 0 unspecified atom stereocenters. The molecule has 1 aliphatic carbocycles. The molecule has 12 rings (SSSR count). The predicted octanol–water partition coefficient (Wildman–Crippen LogP) is 12.8. The molecule has 0 amide bonds. The topological polar surface area (TPSA) is 35.6 Å². The van der Waals surface area contributed by atoms with Gasteiger partial charge in [-0.3, -0.25) is 4.57 Å². The van der Waals surface area contributed by atoms with Crippen LogP contribution in [0, 0.1) is 0 Å². The number of fused-ring (bicyclic) bond motifs is 9. The number of hydrogen-bond donors (Lipinski definition) is 0. The summed E-state index contributed by atoms with van der Waals surface area (Å²) >= 11 is 0. The molecule has 4 heteroatoms. The lowest BCUT2D eigenvalue weighted by Crippen LogP contribution is -2.04. The Morgan fingerprint density at radius 3 is 1.56 bits per heavy atom. The van der Waals surface area contributed by atoms with Crippen molar-refractivity contribution in [1.29, 1.82) is 0 Å². The van der Waals surface area contributed by atoms with Crippen molar-refractivity contribution in [3.8, 4) is 56.4 Å². The summed E-state index contributed by atoms with van der Waals surface area (Å²) in [6.45, 7) is 0. The summed E-state index contributed by atoms with van der Waals surface area (Å²) in [6.07, 6.45) is 0. The molecule has 0 bridgehead atoms. The molecule has 4 nitrogen and oxygen atoms in total. The maximum atomic E-state index is 5.51. The minimum atomic E-state index is 0.717. The maximum absolute atomic E-state index is 5.51. The molecule has 11 aromatic rings. The third-order valence-electron chi connectivity index (χ3n) is 11.3. The third kappa shape index (κ3) is 3.97. The molecule has 8 aromatic carbocycles. The molecule has 1 aliphatic rings. The summed E-state index contributed by atoms with van der Waals surface area (Å²) in [4.78, 5) is 10.8. The number of para-hydroxylation sites is 3. The normalized spacial score (nSPS) is 12.1. The van der Waals surface area contributed by atoms with Gasteiger partial charge in [0.25, 0.3) is 0 Å². The van der Waals surface area contributed by atoms with Crippen molar-refractivity contribution in [2.24, 2.45) is 0 Å². The van der Waals surface area contributed by atoms with E-state index in [4.69, 9.17) is 9.97 Å². The van der Waals surface area contributed by atoms with Gasteiger partial charge in [0.05, 0.1) is 33.3 Å². The number of aromatic nitrogens is 4. The van der Waals surface area contributed by atoms with Crippen LogP contribution in [0.5, 0.6) is 0 Å². The molecular weight excluding hydrogens is 657 g/mol. The molecule has 3 heterocycles. The lowest BCUT2D eigenvalue weighted by Gasteiger charge is -2.15. The minimum Gasteiger partial charge on any atom is -0.309 e. The van der Waals surface area contributed by atoms with Crippen molar-refractivity contribution in [1.82, 2.24) is 19.1 Å². The third-order valence-corrected chi connectivity index (χ3v) is 11.3. The van der Waals surface area contributed by atoms with Gasteiger partial charge in [0.2, 0.25) is 0 Å². The van der Waals surface area contributed by atoms with Crippen LogP contribution in [0.2, 0.25) is 0 Å². The summed E-state index contributed by atoms with van der Waals surface area (Å²) < 4.78 is 4.78. The van der Waals surface area contributed by atoms with Gasteiger partial charge in [-0.1, -0.05) is 146 Å². The first kappa shape index (κ1) is 29.3. The summed E-state index contributed by atoms with van der Waals surface area (Å²) in [5, 5.41) is 7.33. The number of nitrogens with zero attached hydrogens (tertiary/aromatic N) is 4. The lowest BCUT2D eigenvalue weighted by molar-refractivity contribution is 1.05. The Labute approximate surface area is 310 Å². The standard InChI is InChI=1S/C50H30N4/c1-3-15-32(16-4-1)49-51-48-39-26-12-18-31-17-11-25-38(44(31)39)47(48)50(52-49)54-41-28-10-8-22-37(41)46-35(24-14-30-43(46)54)34-23-13-29-42-45(34)36-21-7-9-27-40(36)53(42)33-19-5-2-6-20-33/h1-30H. The molecule has 54 heavy (non-hydrogen) atoms. The number of hydrogen-bond acceptors (Lipinski definition) is 2. The van der Waals surface area contributed by atoms with Crippen molar-refractivity contribution in [3.05, 3.63) is 182 Å². The second kappa shape index (κ2) is 11.1. The Morgan fingerprint density at radius 2 is 0.870 bits per heavy atom. The molecule has 3 aromatic heterocycles. The number of rotatable bonds is 4. The van der Waals surface area contributed by atoms with Gasteiger partial charge in [-0.15, -0.1) is 0 Å². The Balaban J connectivity index is 1.20. The van der Waals surface area contributed by atoms with Gasteiger partial charge in [-0.25, -0.2) is 9.97 Å². The van der Waals surface area contributed by atoms with Gasteiger partial charge in [-0.05, 0) is 63.9 Å².